The average Bonchev–Trinajstić information content (AvgIpc) is 3.16. The normalized spacial score (nSPS) is 14.4. The molecule has 0 saturated carbocycles. The van der Waals surface area contributed by atoms with Crippen LogP contribution in [0.4, 0.5) is 5.69 Å². The summed E-state index contributed by atoms with van der Waals surface area (Å²) in [5, 5.41) is 1.29. The third-order valence-electron chi connectivity index (χ3n) is 5.09. The van der Waals surface area contributed by atoms with Crippen LogP contribution in [0, 0.1) is 0 Å². The Balaban J connectivity index is 1.43. The van der Waals surface area contributed by atoms with Crippen LogP contribution in [0.15, 0.2) is 48.7 Å². The summed E-state index contributed by atoms with van der Waals surface area (Å²) in [6, 6.07) is 13.0. The van der Waals surface area contributed by atoms with Crippen LogP contribution in [0.25, 0.3) is 10.9 Å². The van der Waals surface area contributed by atoms with Crippen molar-refractivity contribution in [2.75, 3.05) is 38.2 Å². The van der Waals surface area contributed by atoms with Crippen LogP contribution in [0.2, 0.25) is 5.02 Å². The Labute approximate surface area is 167 Å². The molecule has 2 heterocycles. The van der Waals surface area contributed by atoms with E-state index in [1.165, 1.54) is 0 Å². The maximum atomic E-state index is 12.8. The van der Waals surface area contributed by atoms with E-state index >= 15 is 0 Å². The van der Waals surface area contributed by atoms with Crippen molar-refractivity contribution < 1.29 is 14.3 Å². The molecule has 144 valence electrons. The van der Waals surface area contributed by atoms with E-state index in [0.717, 1.165) is 17.0 Å². The number of halogens is 1. The van der Waals surface area contributed by atoms with Gasteiger partial charge < -0.3 is 19.5 Å². The maximum Gasteiger partial charge on any atom is 0.295 e. The van der Waals surface area contributed by atoms with Crippen LogP contribution in [-0.2, 0) is 4.79 Å². The first-order valence-electron chi connectivity index (χ1n) is 9.06. The second-order valence-electron chi connectivity index (χ2n) is 6.70. The molecule has 1 N–H and O–H groups in total. The number of carbonyl (C=O) groups is 2. The number of methoxy groups -OCH3 is 1. The summed E-state index contributed by atoms with van der Waals surface area (Å²) in [6.07, 6.45) is 1.58. The summed E-state index contributed by atoms with van der Waals surface area (Å²) < 4.78 is 5.19. The molecule has 4 rings (SSSR count). The van der Waals surface area contributed by atoms with Gasteiger partial charge >= 0.3 is 0 Å². The molecular weight excluding hydrogens is 378 g/mol. The Hall–Kier alpha value is -2.99. The van der Waals surface area contributed by atoms with E-state index in [1.807, 2.05) is 24.3 Å². The number of rotatable bonds is 4. The van der Waals surface area contributed by atoms with Gasteiger partial charge in [0.1, 0.15) is 5.75 Å². The lowest BCUT2D eigenvalue weighted by molar-refractivity contribution is -0.126. The summed E-state index contributed by atoms with van der Waals surface area (Å²) >= 11 is 5.98. The van der Waals surface area contributed by atoms with Gasteiger partial charge in [-0.05, 0) is 36.4 Å². The van der Waals surface area contributed by atoms with Crippen LogP contribution in [0.5, 0.6) is 5.75 Å². The smallest absolute Gasteiger partial charge is 0.295 e. The highest BCUT2D eigenvalue weighted by atomic mass is 35.5. The zero-order valence-corrected chi connectivity index (χ0v) is 16.2. The van der Waals surface area contributed by atoms with Crippen molar-refractivity contribution in [1.82, 2.24) is 9.88 Å². The third kappa shape index (κ3) is 3.43. The van der Waals surface area contributed by atoms with E-state index in [9.17, 15) is 9.59 Å². The zero-order valence-electron chi connectivity index (χ0n) is 15.4. The molecule has 6 nitrogen and oxygen atoms in total. The first-order chi connectivity index (χ1) is 13.6. The fourth-order valence-electron chi connectivity index (χ4n) is 3.51. The number of hydrogen-bond donors (Lipinski definition) is 1. The lowest BCUT2D eigenvalue weighted by Gasteiger charge is -2.35. The standard InChI is InChI=1S/C21H20ClN3O3/c1-28-16-5-3-15(4-6-16)24-8-10-25(11-9-24)21(27)20(26)18-13-23-19-12-14(22)2-7-17(18)19/h2-7,12-13,23H,8-11H2,1H3. The van der Waals surface area contributed by atoms with Crippen LogP contribution in [-0.4, -0.2) is 54.9 Å². The summed E-state index contributed by atoms with van der Waals surface area (Å²) in [5.74, 6) is -0.153. The van der Waals surface area contributed by atoms with Gasteiger partial charge in [-0.3, -0.25) is 9.59 Å². The highest BCUT2D eigenvalue weighted by Gasteiger charge is 2.28. The number of ether oxygens (including phenoxy) is 1. The highest BCUT2D eigenvalue weighted by molar-refractivity contribution is 6.45. The molecule has 0 aliphatic carbocycles. The predicted molar refractivity (Wildman–Crippen MR) is 109 cm³/mol. The van der Waals surface area contributed by atoms with Crippen LogP contribution >= 0.6 is 11.6 Å². The number of carbonyl (C=O) groups excluding carboxylic acids is 2. The number of aromatic nitrogens is 1. The monoisotopic (exact) mass is 397 g/mol. The van der Waals surface area contributed by atoms with E-state index in [0.29, 0.717) is 42.2 Å². The molecule has 0 bridgehead atoms. The van der Waals surface area contributed by atoms with E-state index in [-0.39, 0.29) is 0 Å². The molecule has 0 spiro atoms. The molecule has 28 heavy (non-hydrogen) atoms. The van der Waals surface area contributed by atoms with Crippen molar-refractivity contribution >= 4 is 39.9 Å². The van der Waals surface area contributed by atoms with Crippen molar-refractivity contribution in [3.63, 3.8) is 0 Å². The summed E-state index contributed by atoms with van der Waals surface area (Å²) in [5.41, 5.74) is 2.20. The average molecular weight is 398 g/mol. The number of nitrogens with zero attached hydrogens (tertiary/aromatic N) is 2. The number of amides is 1. The quantitative estimate of drug-likeness (QED) is 0.541. The number of hydrogen-bond acceptors (Lipinski definition) is 4. The van der Waals surface area contributed by atoms with Gasteiger partial charge in [-0.15, -0.1) is 0 Å². The van der Waals surface area contributed by atoms with E-state index in [2.05, 4.69) is 9.88 Å². The Morgan fingerprint density at radius 1 is 1.04 bits per heavy atom. The van der Waals surface area contributed by atoms with Gasteiger partial charge in [0, 0.05) is 54.0 Å². The topological polar surface area (TPSA) is 65.6 Å². The maximum absolute atomic E-state index is 12.8. The minimum atomic E-state index is -0.494. The van der Waals surface area contributed by atoms with Crippen LogP contribution in [0.1, 0.15) is 10.4 Å². The molecule has 1 fully saturated rings. The van der Waals surface area contributed by atoms with E-state index in [1.54, 1.807) is 36.4 Å². The van der Waals surface area contributed by atoms with Crippen molar-refractivity contribution in [2.45, 2.75) is 0 Å². The first kappa shape index (κ1) is 18.4. The summed E-state index contributed by atoms with van der Waals surface area (Å²) in [7, 11) is 1.64. The Kier molecular flexibility index (Phi) is 4.96. The van der Waals surface area contributed by atoms with Crippen molar-refractivity contribution in [3.05, 3.63) is 59.2 Å². The van der Waals surface area contributed by atoms with Crippen molar-refractivity contribution in [1.29, 1.82) is 0 Å². The number of nitrogens with one attached hydrogen (secondary N) is 1. The number of Topliss-reactive ketones (excluding diaryl/α,β-unsaturated/α-hetero) is 1. The van der Waals surface area contributed by atoms with Gasteiger partial charge in [0.15, 0.2) is 0 Å². The fourth-order valence-corrected chi connectivity index (χ4v) is 3.68. The SMILES string of the molecule is COc1ccc(N2CCN(C(=O)C(=O)c3c[nH]c4cc(Cl)ccc34)CC2)cc1. The van der Waals surface area contributed by atoms with E-state index < -0.39 is 11.7 Å². The molecule has 1 aliphatic rings. The minimum absolute atomic E-state index is 0.384. The molecular formula is C21H20ClN3O3. The molecule has 1 aliphatic heterocycles. The van der Waals surface area contributed by atoms with Gasteiger partial charge in [0.2, 0.25) is 0 Å². The van der Waals surface area contributed by atoms with Crippen molar-refractivity contribution in [3.8, 4) is 5.75 Å². The molecule has 0 unspecified atom stereocenters. The molecule has 2 aromatic carbocycles. The number of ketones is 1. The lowest BCUT2D eigenvalue weighted by atomic mass is 10.1. The third-order valence-corrected chi connectivity index (χ3v) is 5.32. The second-order valence-corrected chi connectivity index (χ2v) is 7.14. The Morgan fingerprint density at radius 2 is 1.75 bits per heavy atom. The summed E-state index contributed by atoms with van der Waals surface area (Å²) in [4.78, 5) is 32.3. The number of fused-ring (bicyclic) bond motifs is 1. The Bertz CT molecular complexity index is 1020. The predicted octanol–water partition coefficient (Wildman–Crippen LogP) is 3.36. The number of piperazine rings is 1. The molecule has 7 heteroatoms. The van der Waals surface area contributed by atoms with Gasteiger partial charge in [-0.2, -0.15) is 0 Å². The number of anilines is 1. The van der Waals surface area contributed by atoms with Crippen molar-refractivity contribution in [2.24, 2.45) is 0 Å². The molecule has 3 aromatic rings. The summed E-state index contributed by atoms with van der Waals surface area (Å²) in [6.45, 7) is 2.36. The molecule has 1 amide bonds. The Morgan fingerprint density at radius 3 is 2.43 bits per heavy atom. The number of aromatic amines is 1. The van der Waals surface area contributed by atoms with Gasteiger partial charge in [0.05, 0.1) is 12.7 Å². The number of benzene rings is 2. The molecule has 0 atom stereocenters. The van der Waals surface area contributed by atoms with Gasteiger partial charge in [0.25, 0.3) is 11.7 Å². The molecule has 0 radical (unpaired) electrons. The first-order valence-corrected chi connectivity index (χ1v) is 9.44. The fraction of sp³-hybridized carbons (Fsp3) is 0.238. The lowest BCUT2D eigenvalue weighted by Crippen LogP contribution is -2.50. The largest absolute Gasteiger partial charge is 0.497 e. The van der Waals surface area contributed by atoms with Crippen LogP contribution in [0.3, 0.4) is 0 Å². The zero-order chi connectivity index (χ0) is 19.7. The second kappa shape index (κ2) is 7.56. The van der Waals surface area contributed by atoms with Gasteiger partial charge in [-0.25, -0.2) is 0 Å². The molecule has 1 saturated heterocycles. The van der Waals surface area contributed by atoms with Crippen LogP contribution < -0.4 is 9.64 Å². The van der Waals surface area contributed by atoms with E-state index in [4.69, 9.17) is 16.3 Å². The number of H-pyrrole nitrogens is 1. The highest BCUT2D eigenvalue weighted by Crippen LogP contribution is 2.24. The van der Waals surface area contributed by atoms with Gasteiger partial charge in [-0.1, -0.05) is 17.7 Å². The minimum Gasteiger partial charge on any atom is -0.497 e. The molecule has 1 aromatic heterocycles.